The second kappa shape index (κ2) is 13.1. The molecule has 0 radical (unpaired) electrons. The number of aliphatic hydroxyl groups excluding tert-OH is 2. The number of ether oxygens (including phenoxy) is 1. The molecule has 3 heterocycles. The van der Waals surface area contributed by atoms with Gasteiger partial charge in [0.05, 0.1) is 17.7 Å². The van der Waals surface area contributed by atoms with Crippen LogP contribution in [0.15, 0.2) is 36.9 Å². The number of urea groups is 1. The number of likely N-dealkylation sites (N-methyl/N-ethyl adjacent to an activating group) is 1. The molecule has 4 rings (SSSR count). The van der Waals surface area contributed by atoms with E-state index in [9.17, 15) is 28.6 Å². The molecule has 3 amide bonds. The number of aromatic nitrogens is 4. The summed E-state index contributed by atoms with van der Waals surface area (Å²) in [6.07, 6.45) is -0.399. The highest BCUT2D eigenvalue weighted by Crippen LogP contribution is 2.33. The third kappa shape index (κ3) is 6.20. The second-order valence-electron chi connectivity index (χ2n) is 9.01. The Labute approximate surface area is 232 Å². The molecule has 1 saturated heterocycles. The van der Waals surface area contributed by atoms with Crippen molar-refractivity contribution in [3.63, 3.8) is 0 Å². The molecule has 0 spiro atoms. The molecule has 0 saturated carbocycles. The monoisotopic (exact) mass is 576 g/mol. The van der Waals surface area contributed by atoms with Crippen LogP contribution in [-0.2, 0) is 20.8 Å². The molecule has 1 aliphatic heterocycles. The van der Waals surface area contributed by atoms with Crippen molar-refractivity contribution in [3.8, 4) is 0 Å². The van der Waals surface area contributed by atoms with Gasteiger partial charge in [-0.2, -0.15) is 0 Å². The first kappa shape index (κ1) is 29.3. The third-order valence-electron chi connectivity index (χ3n) is 6.29. The number of benzene rings is 1. The van der Waals surface area contributed by atoms with Gasteiger partial charge in [-0.25, -0.2) is 24.0 Å². The Hall–Kier alpha value is -3.70. The smallest absolute Gasteiger partial charge is 0.324 e. The van der Waals surface area contributed by atoms with E-state index in [4.69, 9.17) is 4.74 Å². The van der Waals surface area contributed by atoms with Gasteiger partial charge in [0.25, 0.3) is 17.2 Å². The molecule has 0 bridgehead atoms. The van der Waals surface area contributed by atoms with Gasteiger partial charge in [-0.15, -0.1) is 0 Å². The number of nitrogens with zero attached hydrogens (tertiary/aromatic N) is 5. The molecule has 40 heavy (non-hydrogen) atoms. The summed E-state index contributed by atoms with van der Waals surface area (Å²) < 4.78 is 30.2. The molecule has 0 aliphatic carbocycles. The van der Waals surface area contributed by atoms with E-state index in [2.05, 4.69) is 30.9 Å². The molecule has 216 valence electrons. The Kier molecular flexibility index (Phi) is 9.59. The summed E-state index contributed by atoms with van der Waals surface area (Å²) in [5.74, 6) is -0.526. The van der Waals surface area contributed by atoms with Crippen LogP contribution in [0.2, 0.25) is 0 Å². The molecular formula is C24H32N8O7S. The topological polar surface area (TPSA) is 204 Å². The van der Waals surface area contributed by atoms with Gasteiger partial charge in [0.15, 0.2) is 29.3 Å². The number of aliphatic hydroxyl groups is 2. The minimum absolute atomic E-state index is 0.0394. The number of hydrogen-bond donors (Lipinski definition) is 6. The maximum absolute atomic E-state index is 13.0. The number of anilines is 3. The molecule has 2 aromatic heterocycles. The van der Waals surface area contributed by atoms with Gasteiger partial charge >= 0.3 is 6.03 Å². The first-order valence-corrected chi connectivity index (χ1v) is 13.9. The number of rotatable bonds is 11. The van der Waals surface area contributed by atoms with Crippen LogP contribution in [0.4, 0.5) is 22.0 Å². The van der Waals surface area contributed by atoms with E-state index in [0.717, 1.165) is 12.8 Å². The summed E-state index contributed by atoms with van der Waals surface area (Å²) >= 11 is -2.30. The summed E-state index contributed by atoms with van der Waals surface area (Å²) in [5, 5.41) is 28.7. The van der Waals surface area contributed by atoms with E-state index in [1.807, 2.05) is 6.92 Å². The number of carbonyl (C=O) groups excluding carboxylic acids is 2. The minimum Gasteiger partial charge on any atom is -0.387 e. The molecule has 6 N–H and O–H groups in total. The second-order valence-corrected chi connectivity index (χ2v) is 9.91. The molecule has 1 fully saturated rings. The van der Waals surface area contributed by atoms with Crippen molar-refractivity contribution in [1.29, 1.82) is 0 Å². The Morgan fingerprint density at radius 2 is 1.88 bits per heavy atom. The molecular weight excluding hydrogens is 544 g/mol. The molecule has 5 atom stereocenters. The van der Waals surface area contributed by atoms with Crippen molar-refractivity contribution in [2.45, 2.75) is 57.6 Å². The number of nitrogens with one attached hydrogen (secondary N) is 3. The predicted octanol–water partition coefficient (Wildman–Crippen LogP) is 1.36. The minimum atomic E-state index is -2.30. The SMILES string of the molecule is CCCCCN(c1ccccc1NC(=O)Nc1ncnc2c1ncn2[C@@H]1O[C@H](C(=O)NCC)[C@@H](O)[C@H]1O)S(=O)O. The van der Waals surface area contributed by atoms with Gasteiger partial charge in [0.1, 0.15) is 18.5 Å². The zero-order valence-corrected chi connectivity index (χ0v) is 22.7. The Balaban J connectivity index is 1.53. The van der Waals surface area contributed by atoms with Crippen molar-refractivity contribution in [1.82, 2.24) is 24.8 Å². The summed E-state index contributed by atoms with van der Waals surface area (Å²) in [4.78, 5) is 37.7. The van der Waals surface area contributed by atoms with Crippen LogP contribution < -0.4 is 20.3 Å². The van der Waals surface area contributed by atoms with Gasteiger partial charge in [0.2, 0.25) is 0 Å². The lowest BCUT2D eigenvalue weighted by atomic mass is 10.1. The Morgan fingerprint density at radius 3 is 2.60 bits per heavy atom. The first-order chi connectivity index (χ1) is 19.3. The first-order valence-electron chi connectivity index (χ1n) is 12.8. The summed E-state index contributed by atoms with van der Waals surface area (Å²) in [5.41, 5.74) is 1.02. The fraction of sp³-hybridized carbons (Fsp3) is 0.458. The molecule has 1 aromatic carbocycles. The average Bonchev–Trinajstić information content (AvgIpc) is 3.48. The number of amides is 3. The average molecular weight is 577 g/mol. The highest BCUT2D eigenvalue weighted by Gasteiger charge is 2.47. The van der Waals surface area contributed by atoms with Crippen LogP contribution in [0.25, 0.3) is 11.2 Å². The lowest BCUT2D eigenvalue weighted by Crippen LogP contribution is -2.42. The van der Waals surface area contributed by atoms with Crippen LogP contribution in [0.3, 0.4) is 0 Å². The zero-order valence-electron chi connectivity index (χ0n) is 21.9. The quantitative estimate of drug-likeness (QED) is 0.143. The van der Waals surface area contributed by atoms with Crippen molar-refractivity contribution in [2.75, 3.05) is 28.0 Å². The van der Waals surface area contributed by atoms with E-state index < -0.39 is 47.7 Å². The lowest BCUT2D eigenvalue weighted by molar-refractivity contribution is -0.137. The maximum atomic E-state index is 13.0. The number of carbonyl (C=O) groups is 2. The van der Waals surface area contributed by atoms with Gasteiger partial charge in [0, 0.05) is 13.1 Å². The molecule has 1 aliphatic rings. The van der Waals surface area contributed by atoms with Crippen LogP contribution in [0, 0.1) is 0 Å². The fourth-order valence-electron chi connectivity index (χ4n) is 4.36. The van der Waals surface area contributed by atoms with E-state index in [-0.39, 0.29) is 17.0 Å². The highest BCUT2D eigenvalue weighted by molar-refractivity contribution is 7.80. The summed E-state index contributed by atoms with van der Waals surface area (Å²) in [6.45, 7) is 4.39. The van der Waals surface area contributed by atoms with Crippen molar-refractivity contribution in [2.24, 2.45) is 0 Å². The summed E-state index contributed by atoms with van der Waals surface area (Å²) in [6, 6.07) is 5.93. The number of hydrogen-bond acceptors (Lipinski definition) is 9. The van der Waals surface area contributed by atoms with Gasteiger partial charge in [-0.3, -0.25) is 23.5 Å². The van der Waals surface area contributed by atoms with Crippen molar-refractivity contribution >= 4 is 51.6 Å². The van der Waals surface area contributed by atoms with Crippen LogP contribution in [-0.4, -0.2) is 81.8 Å². The standard InChI is InChI=1S/C24H32N8O7S/c1-3-5-8-11-32(40(37)38)15-10-7-6-9-14(15)29-24(36)30-20-16-21(27-12-26-20)31(13-28-16)23-18(34)17(33)19(39-23)22(35)25-4-2/h6-7,9-10,12-13,17-19,23,33-34H,3-5,8,11H2,1-2H3,(H,25,35)(H,37,38)(H2,26,27,29,30,36)/t17-,18+,19-,23+/m0/s1. The predicted molar refractivity (Wildman–Crippen MR) is 147 cm³/mol. The number of para-hydroxylation sites is 2. The van der Waals surface area contributed by atoms with E-state index in [0.29, 0.717) is 30.9 Å². The largest absolute Gasteiger partial charge is 0.387 e. The van der Waals surface area contributed by atoms with Crippen LogP contribution >= 0.6 is 0 Å². The fourth-order valence-corrected chi connectivity index (χ4v) is 4.97. The highest BCUT2D eigenvalue weighted by atomic mass is 32.2. The lowest BCUT2D eigenvalue weighted by Gasteiger charge is -2.23. The maximum Gasteiger partial charge on any atom is 0.324 e. The molecule has 1 unspecified atom stereocenters. The normalized spacial score (nSPS) is 21.2. The number of unbranched alkanes of at least 4 members (excludes halogenated alkanes) is 2. The molecule has 15 nitrogen and oxygen atoms in total. The number of imidazole rings is 1. The van der Waals surface area contributed by atoms with E-state index >= 15 is 0 Å². The zero-order chi connectivity index (χ0) is 28.8. The van der Waals surface area contributed by atoms with Crippen LogP contribution in [0.5, 0.6) is 0 Å². The summed E-state index contributed by atoms with van der Waals surface area (Å²) in [7, 11) is 0. The van der Waals surface area contributed by atoms with Crippen molar-refractivity contribution < 1.29 is 33.3 Å². The van der Waals surface area contributed by atoms with E-state index in [1.165, 1.54) is 21.5 Å². The Morgan fingerprint density at radius 1 is 1.10 bits per heavy atom. The van der Waals surface area contributed by atoms with E-state index in [1.54, 1.807) is 31.2 Å². The van der Waals surface area contributed by atoms with Gasteiger partial charge in [-0.05, 0) is 25.5 Å². The van der Waals surface area contributed by atoms with Gasteiger partial charge in [-0.1, -0.05) is 31.9 Å². The molecule has 3 aromatic rings. The Bertz CT molecular complexity index is 1370. The molecule has 16 heteroatoms. The van der Waals surface area contributed by atoms with Crippen molar-refractivity contribution in [3.05, 3.63) is 36.9 Å². The third-order valence-corrected chi connectivity index (χ3v) is 7.04. The van der Waals surface area contributed by atoms with Crippen LogP contribution in [0.1, 0.15) is 39.3 Å². The number of fused-ring (bicyclic) bond motifs is 1. The van der Waals surface area contributed by atoms with Gasteiger partial charge < -0.3 is 25.6 Å².